The maximum Gasteiger partial charge on any atom is 0.138 e. The van der Waals surface area contributed by atoms with Crippen LogP contribution in [0.1, 0.15) is 44.2 Å². The van der Waals surface area contributed by atoms with Gasteiger partial charge in [-0.15, -0.1) is 0 Å². The lowest BCUT2D eigenvalue weighted by Crippen LogP contribution is -2.34. The van der Waals surface area contributed by atoms with E-state index in [1.54, 1.807) is 6.20 Å². The SMILES string of the molecule is OC1CCCCC1Oc1ccc(CNC2CC2)nc1. The molecular formula is C15H22N2O2. The van der Waals surface area contributed by atoms with Gasteiger partial charge in [0.1, 0.15) is 11.9 Å². The second-order valence-corrected chi connectivity index (χ2v) is 5.65. The molecule has 1 aromatic heterocycles. The van der Waals surface area contributed by atoms with Crippen molar-refractivity contribution < 1.29 is 9.84 Å². The highest BCUT2D eigenvalue weighted by atomic mass is 16.5. The summed E-state index contributed by atoms with van der Waals surface area (Å²) < 4.78 is 5.83. The highest BCUT2D eigenvalue weighted by Gasteiger charge is 2.24. The molecule has 0 saturated heterocycles. The summed E-state index contributed by atoms with van der Waals surface area (Å²) in [4.78, 5) is 4.40. The van der Waals surface area contributed by atoms with Crippen molar-refractivity contribution in [2.45, 2.75) is 63.3 Å². The lowest BCUT2D eigenvalue weighted by molar-refractivity contribution is 0.00668. The Morgan fingerprint density at radius 3 is 2.74 bits per heavy atom. The number of aromatic nitrogens is 1. The standard InChI is InChI=1S/C15H22N2O2/c18-14-3-1-2-4-15(14)19-13-8-7-12(17-10-13)9-16-11-5-6-11/h7-8,10-11,14-16,18H,1-6,9H2. The second-order valence-electron chi connectivity index (χ2n) is 5.65. The van der Waals surface area contributed by atoms with E-state index in [9.17, 15) is 5.11 Å². The molecule has 1 aromatic rings. The molecule has 4 nitrogen and oxygen atoms in total. The minimum Gasteiger partial charge on any atom is -0.486 e. The number of hydrogen-bond acceptors (Lipinski definition) is 4. The van der Waals surface area contributed by atoms with E-state index < -0.39 is 0 Å². The summed E-state index contributed by atoms with van der Waals surface area (Å²) in [5, 5.41) is 13.3. The number of aliphatic hydroxyl groups is 1. The van der Waals surface area contributed by atoms with E-state index in [4.69, 9.17) is 4.74 Å². The van der Waals surface area contributed by atoms with Gasteiger partial charge in [-0.1, -0.05) is 6.42 Å². The van der Waals surface area contributed by atoms with Crippen LogP contribution in [0.5, 0.6) is 5.75 Å². The maximum atomic E-state index is 9.88. The van der Waals surface area contributed by atoms with Crippen LogP contribution >= 0.6 is 0 Å². The van der Waals surface area contributed by atoms with Crippen LogP contribution < -0.4 is 10.1 Å². The first kappa shape index (κ1) is 12.9. The average molecular weight is 262 g/mol. The summed E-state index contributed by atoms with van der Waals surface area (Å²) in [6.45, 7) is 0.830. The molecule has 0 radical (unpaired) electrons. The predicted molar refractivity (Wildman–Crippen MR) is 73.0 cm³/mol. The fourth-order valence-electron chi connectivity index (χ4n) is 2.51. The third-order valence-electron chi connectivity index (χ3n) is 3.90. The van der Waals surface area contributed by atoms with Gasteiger partial charge in [-0.3, -0.25) is 4.98 Å². The first-order valence-corrected chi connectivity index (χ1v) is 7.34. The van der Waals surface area contributed by atoms with Crippen molar-refractivity contribution in [1.29, 1.82) is 0 Å². The highest BCUT2D eigenvalue weighted by molar-refractivity contribution is 5.20. The van der Waals surface area contributed by atoms with Crippen molar-refractivity contribution in [3.8, 4) is 5.75 Å². The van der Waals surface area contributed by atoms with Crippen molar-refractivity contribution in [1.82, 2.24) is 10.3 Å². The van der Waals surface area contributed by atoms with Crippen LogP contribution in [-0.4, -0.2) is 28.3 Å². The summed E-state index contributed by atoms with van der Waals surface area (Å²) in [6, 6.07) is 4.66. The van der Waals surface area contributed by atoms with Crippen LogP contribution in [0.3, 0.4) is 0 Å². The number of hydrogen-bond donors (Lipinski definition) is 2. The second kappa shape index (κ2) is 5.88. The Labute approximate surface area is 114 Å². The Morgan fingerprint density at radius 2 is 2.05 bits per heavy atom. The van der Waals surface area contributed by atoms with E-state index in [0.717, 1.165) is 43.7 Å². The number of aliphatic hydroxyl groups excluding tert-OH is 1. The molecule has 2 fully saturated rings. The summed E-state index contributed by atoms with van der Waals surface area (Å²) >= 11 is 0. The molecule has 104 valence electrons. The Hall–Kier alpha value is -1.13. The molecule has 0 amide bonds. The molecule has 3 rings (SSSR count). The van der Waals surface area contributed by atoms with Crippen molar-refractivity contribution in [3.05, 3.63) is 24.0 Å². The predicted octanol–water partition coefficient (Wildman–Crippen LogP) is 2.02. The summed E-state index contributed by atoms with van der Waals surface area (Å²) in [6.07, 6.45) is 7.99. The lowest BCUT2D eigenvalue weighted by atomic mass is 9.95. The summed E-state index contributed by atoms with van der Waals surface area (Å²) in [5.41, 5.74) is 1.04. The quantitative estimate of drug-likeness (QED) is 0.852. The molecule has 0 aliphatic heterocycles. The molecule has 2 aliphatic rings. The minimum absolute atomic E-state index is 0.0639. The molecule has 2 atom stereocenters. The largest absolute Gasteiger partial charge is 0.486 e. The smallest absolute Gasteiger partial charge is 0.138 e. The van der Waals surface area contributed by atoms with Gasteiger partial charge in [0.15, 0.2) is 0 Å². The number of nitrogens with zero attached hydrogens (tertiary/aromatic N) is 1. The van der Waals surface area contributed by atoms with Crippen LogP contribution in [-0.2, 0) is 6.54 Å². The van der Waals surface area contributed by atoms with Gasteiger partial charge in [0.05, 0.1) is 18.0 Å². The van der Waals surface area contributed by atoms with Crippen molar-refractivity contribution in [2.75, 3.05) is 0 Å². The van der Waals surface area contributed by atoms with Gasteiger partial charge in [-0.2, -0.15) is 0 Å². The number of pyridine rings is 1. The Morgan fingerprint density at radius 1 is 1.21 bits per heavy atom. The Bertz CT molecular complexity index is 403. The van der Waals surface area contributed by atoms with Crippen LogP contribution in [0.2, 0.25) is 0 Å². The zero-order valence-electron chi connectivity index (χ0n) is 11.2. The van der Waals surface area contributed by atoms with E-state index in [0.29, 0.717) is 6.04 Å². The minimum atomic E-state index is -0.329. The number of ether oxygens (including phenoxy) is 1. The third kappa shape index (κ3) is 3.67. The first-order chi connectivity index (χ1) is 9.31. The number of rotatable bonds is 5. The van der Waals surface area contributed by atoms with E-state index in [-0.39, 0.29) is 12.2 Å². The molecule has 1 heterocycles. The van der Waals surface area contributed by atoms with E-state index in [1.807, 2.05) is 12.1 Å². The van der Waals surface area contributed by atoms with Gasteiger partial charge in [0.25, 0.3) is 0 Å². The van der Waals surface area contributed by atoms with Crippen LogP contribution in [0, 0.1) is 0 Å². The monoisotopic (exact) mass is 262 g/mol. The van der Waals surface area contributed by atoms with Crippen molar-refractivity contribution in [3.63, 3.8) is 0 Å². The summed E-state index contributed by atoms with van der Waals surface area (Å²) in [5.74, 6) is 0.765. The zero-order valence-corrected chi connectivity index (χ0v) is 11.2. The van der Waals surface area contributed by atoms with Gasteiger partial charge in [-0.25, -0.2) is 0 Å². The maximum absolute atomic E-state index is 9.88. The van der Waals surface area contributed by atoms with E-state index in [2.05, 4.69) is 10.3 Å². The fourth-order valence-corrected chi connectivity index (χ4v) is 2.51. The fraction of sp³-hybridized carbons (Fsp3) is 0.667. The van der Waals surface area contributed by atoms with Gasteiger partial charge >= 0.3 is 0 Å². The molecule has 0 spiro atoms. The first-order valence-electron chi connectivity index (χ1n) is 7.34. The van der Waals surface area contributed by atoms with E-state index in [1.165, 1.54) is 12.8 Å². The molecule has 4 heteroatoms. The van der Waals surface area contributed by atoms with Gasteiger partial charge in [-0.05, 0) is 44.2 Å². The molecule has 2 saturated carbocycles. The van der Waals surface area contributed by atoms with E-state index >= 15 is 0 Å². The number of nitrogens with one attached hydrogen (secondary N) is 1. The van der Waals surface area contributed by atoms with Crippen molar-refractivity contribution in [2.24, 2.45) is 0 Å². The Kier molecular flexibility index (Phi) is 3.99. The average Bonchev–Trinajstić information content (AvgIpc) is 3.25. The Balaban J connectivity index is 1.52. The molecular weight excluding hydrogens is 240 g/mol. The summed E-state index contributed by atoms with van der Waals surface area (Å²) in [7, 11) is 0. The molecule has 19 heavy (non-hydrogen) atoms. The molecule has 2 aliphatic carbocycles. The van der Waals surface area contributed by atoms with Gasteiger partial charge < -0.3 is 15.2 Å². The molecule has 0 aromatic carbocycles. The lowest BCUT2D eigenvalue weighted by Gasteiger charge is -2.28. The molecule has 2 N–H and O–H groups in total. The molecule has 0 bridgehead atoms. The molecule has 2 unspecified atom stereocenters. The zero-order chi connectivity index (χ0) is 13.1. The highest BCUT2D eigenvalue weighted by Crippen LogP contribution is 2.24. The van der Waals surface area contributed by atoms with Crippen LogP contribution in [0.4, 0.5) is 0 Å². The van der Waals surface area contributed by atoms with Crippen LogP contribution in [0.25, 0.3) is 0 Å². The third-order valence-corrected chi connectivity index (χ3v) is 3.90. The topological polar surface area (TPSA) is 54.4 Å². The normalized spacial score (nSPS) is 27.2. The van der Waals surface area contributed by atoms with Crippen LogP contribution in [0.15, 0.2) is 18.3 Å². The van der Waals surface area contributed by atoms with Crippen molar-refractivity contribution >= 4 is 0 Å². The van der Waals surface area contributed by atoms with Gasteiger partial charge in [0.2, 0.25) is 0 Å². The van der Waals surface area contributed by atoms with Gasteiger partial charge in [0, 0.05) is 12.6 Å².